The summed E-state index contributed by atoms with van der Waals surface area (Å²) in [6, 6.07) is 10.8. The SMILES string of the molecule is CNC(=O)N1N=C(c2ccc(Cl)cc2)c2cc(Cl)cc(N3CC[C@H](O)C3)c2CC1C. The number of rotatable bonds is 2. The Kier molecular flexibility index (Phi) is 5.91. The van der Waals surface area contributed by atoms with Crippen LogP contribution in [0.2, 0.25) is 10.0 Å². The number of amides is 2. The lowest BCUT2D eigenvalue weighted by molar-refractivity contribution is 0.184. The minimum atomic E-state index is -0.352. The number of hydrazone groups is 1. The van der Waals surface area contributed by atoms with Gasteiger partial charge in [0.25, 0.3) is 0 Å². The monoisotopic (exact) mass is 446 g/mol. The summed E-state index contributed by atoms with van der Waals surface area (Å²) in [5, 5.41) is 20.2. The molecule has 0 aliphatic carbocycles. The Morgan fingerprint density at radius 3 is 2.57 bits per heavy atom. The molecule has 2 aliphatic rings. The van der Waals surface area contributed by atoms with Crippen LogP contribution >= 0.6 is 23.2 Å². The first kappa shape index (κ1) is 21.0. The van der Waals surface area contributed by atoms with E-state index in [4.69, 9.17) is 28.3 Å². The normalized spacial score (nSPS) is 21.2. The van der Waals surface area contributed by atoms with Crippen molar-refractivity contribution in [3.05, 3.63) is 63.1 Å². The summed E-state index contributed by atoms with van der Waals surface area (Å²) in [5.74, 6) is 0. The average Bonchev–Trinajstić information content (AvgIpc) is 3.10. The Bertz CT molecular complexity index is 993. The molecule has 8 heteroatoms. The zero-order valence-electron chi connectivity index (χ0n) is 16.9. The minimum absolute atomic E-state index is 0.166. The number of anilines is 1. The number of β-amino-alcohol motifs (C(OH)–C–C–N with tert-alkyl or cyclic N) is 1. The second kappa shape index (κ2) is 8.46. The number of urea groups is 1. The number of carbonyl (C=O) groups excluding carboxylic acids is 1. The van der Waals surface area contributed by atoms with Gasteiger partial charge in [-0.05, 0) is 49.6 Å². The van der Waals surface area contributed by atoms with Gasteiger partial charge in [-0.25, -0.2) is 9.80 Å². The maximum atomic E-state index is 12.6. The summed E-state index contributed by atoms with van der Waals surface area (Å²) in [5.41, 5.74) is 4.46. The zero-order chi connectivity index (χ0) is 21.4. The van der Waals surface area contributed by atoms with Crippen LogP contribution < -0.4 is 10.2 Å². The molecule has 0 spiro atoms. The molecular weight excluding hydrogens is 423 g/mol. The van der Waals surface area contributed by atoms with Crippen LogP contribution in [0.15, 0.2) is 41.5 Å². The van der Waals surface area contributed by atoms with Crippen molar-refractivity contribution < 1.29 is 9.90 Å². The number of aliphatic hydroxyl groups excluding tert-OH is 1. The molecule has 1 fully saturated rings. The lowest BCUT2D eigenvalue weighted by Gasteiger charge is -2.26. The topological polar surface area (TPSA) is 68.2 Å². The molecule has 2 N–H and O–H groups in total. The Balaban J connectivity index is 1.91. The number of nitrogens with zero attached hydrogens (tertiary/aromatic N) is 3. The minimum Gasteiger partial charge on any atom is -0.391 e. The molecule has 0 aromatic heterocycles. The molecule has 0 saturated carbocycles. The lowest BCUT2D eigenvalue weighted by Crippen LogP contribution is -2.41. The molecule has 2 atom stereocenters. The van der Waals surface area contributed by atoms with E-state index >= 15 is 0 Å². The van der Waals surface area contributed by atoms with Gasteiger partial charge in [0.15, 0.2) is 0 Å². The van der Waals surface area contributed by atoms with Gasteiger partial charge in [0, 0.05) is 47.0 Å². The fourth-order valence-corrected chi connectivity index (χ4v) is 4.45. The highest BCUT2D eigenvalue weighted by atomic mass is 35.5. The molecule has 2 aliphatic heterocycles. The van der Waals surface area contributed by atoms with E-state index in [1.807, 2.05) is 31.2 Å². The van der Waals surface area contributed by atoms with Crippen molar-refractivity contribution in [1.29, 1.82) is 0 Å². The molecule has 2 heterocycles. The van der Waals surface area contributed by atoms with Crippen LogP contribution in [0.4, 0.5) is 10.5 Å². The third-order valence-electron chi connectivity index (χ3n) is 5.61. The lowest BCUT2D eigenvalue weighted by atomic mass is 9.93. The highest BCUT2D eigenvalue weighted by molar-refractivity contribution is 6.32. The first-order chi connectivity index (χ1) is 14.4. The first-order valence-electron chi connectivity index (χ1n) is 9.98. The molecule has 2 amide bonds. The van der Waals surface area contributed by atoms with Crippen LogP contribution in [0.1, 0.15) is 30.0 Å². The summed E-state index contributed by atoms with van der Waals surface area (Å²) in [4.78, 5) is 14.7. The number of carbonyl (C=O) groups is 1. The molecule has 30 heavy (non-hydrogen) atoms. The van der Waals surface area contributed by atoms with Crippen LogP contribution in [0.5, 0.6) is 0 Å². The van der Waals surface area contributed by atoms with E-state index in [1.165, 1.54) is 5.01 Å². The second-order valence-corrected chi connectivity index (χ2v) is 8.62. The van der Waals surface area contributed by atoms with Gasteiger partial charge in [0.05, 0.1) is 17.9 Å². The molecule has 0 bridgehead atoms. The smallest absolute Gasteiger partial charge is 0.337 e. The van der Waals surface area contributed by atoms with E-state index in [0.29, 0.717) is 28.7 Å². The van der Waals surface area contributed by atoms with Gasteiger partial charge >= 0.3 is 6.03 Å². The molecule has 2 aromatic rings. The number of benzene rings is 2. The van der Waals surface area contributed by atoms with Crippen LogP contribution in [-0.2, 0) is 6.42 Å². The van der Waals surface area contributed by atoms with Crippen molar-refractivity contribution in [2.75, 3.05) is 25.0 Å². The second-order valence-electron chi connectivity index (χ2n) is 7.75. The van der Waals surface area contributed by atoms with Crippen LogP contribution in [0.25, 0.3) is 0 Å². The van der Waals surface area contributed by atoms with Gasteiger partial charge < -0.3 is 15.3 Å². The number of nitrogens with one attached hydrogen (secondary N) is 1. The fraction of sp³-hybridized carbons (Fsp3) is 0.364. The van der Waals surface area contributed by atoms with Gasteiger partial charge in [0.2, 0.25) is 0 Å². The maximum Gasteiger partial charge on any atom is 0.337 e. The Morgan fingerprint density at radius 1 is 1.20 bits per heavy atom. The maximum absolute atomic E-state index is 12.6. The van der Waals surface area contributed by atoms with Crippen LogP contribution in [0, 0.1) is 0 Å². The van der Waals surface area contributed by atoms with E-state index < -0.39 is 0 Å². The average molecular weight is 447 g/mol. The largest absolute Gasteiger partial charge is 0.391 e. The first-order valence-corrected chi connectivity index (χ1v) is 10.7. The van der Waals surface area contributed by atoms with Crippen LogP contribution in [0.3, 0.4) is 0 Å². The fourth-order valence-electron chi connectivity index (χ4n) is 4.11. The standard InChI is InChI=1S/C22H24Cl2N4O2/c1-13-9-18-19(10-16(24)11-20(18)27-8-7-17(29)12-27)21(26-28(13)22(30)25-2)14-3-5-15(23)6-4-14/h3-6,10-11,13,17,29H,7-9,12H2,1-2H3,(H,25,30)/t13?,17-/m0/s1. The summed E-state index contributed by atoms with van der Waals surface area (Å²) in [6.07, 6.45) is 0.983. The summed E-state index contributed by atoms with van der Waals surface area (Å²) in [6.45, 7) is 3.30. The molecule has 1 saturated heterocycles. The van der Waals surface area contributed by atoms with E-state index in [2.05, 4.69) is 10.2 Å². The number of aliphatic hydroxyl groups is 1. The van der Waals surface area contributed by atoms with Crippen molar-refractivity contribution >= 4 is 40.6 Å². The van der Waals surface area contributed by atoms with Gasteiger partial charge in [-0.15, -0.1) is 0 Å². The van der Waals surface area contributed by atoms with Gasteiger partial charge in [-0.2, -0.15) is 5.10 Å². The Morgan fingerprint density at radius 2 is 1.93 bits per heavy atom. The van der Waals surface area contributed by atoms with Crippen molar-refractivity contribution in [3.8, 4) is 0 Å². The Hall–Kier alpha value is -2.28. The number of halogens is 2. The summed E-state index contributed by atoms with van der Waals surface area (Å²) >= 11 is 12.6. The van der Waals surface area contributed by atoms with Gasteiger partial charge in [-0.1, -0.05) is 35.3 Å². The van der Waals surface area contributed by atoms with E-state index in [9.17, 15) is 9.90 Å². The molecule has 2 aromatic carbocycles. The molecule has 1 unspecified atom stereocenters. The van der Waals surface area contributed by atoms with Gasteiger partial charge in [-0.3, -0.25) is 0 Å². The Labute approximate surface area is 186 Å². The van der Waals surface area contributed by atoms with E-state index in [0.717, 1.165) is 35.3 Å². The zero-order valence-corrected chi connectivity index (χ0v) is 18.4. The number of hydrogen-bond donors (Lipinski definition) is 2. The molecular formula is C22H24Cl2N4O2. The highest BCUT2D eigenvalue weighted by Crippen LogP contribution is 2.36. The number of hydrogen-bond acceptors (Lipinski definition) is 4. The summed E-state index contributed by atoms with van der Waals surface area (Å²) in [7, 11) is 1.60. The van der Waals surface area contributed by atoms with Crippen molar-refractivity contribution in [3.63, 3.8) is 0 Å². The van der Waals surface area contributed by atoms with Crippen LogP contribution in [-0.4, -0.2) is 54.1 Å². The highest BCUT2D eigenvalue weighted by Gasteiger charge is 2.31. The van der Waals surface area contributed by atoms with Crippen molar-refractivity contribution in [2.45, 2.75) is 31.9 Å². The quantitative estimate of drug-likeness (QED) is 0.734. The third kappa shape index (κ3) is 4.00. The van der Waals surface area contributed by atoms with Crippen molar-refractivity contribution in [2.24, 2.45) is 5.10 Å². The van der Waals surface area contributed by atoms with E-state index in [-0.39, 0.29) is 18.2 Å². The molecule has 0 radical (unpaired) electrons. The third-order valence-corrected chi connectivity index (χ3v) is 6.08. The summed E-state index contributed by atoms with van der Waals surface area (Å²) < 4.78 is 0. The van der Waals surface area contributed by atoms with Gasteiger partial charge in [0.1, 0.15) is 0 Å². The molecule has 158 valence electrons. The predicted octanol–water partition coefficient (Wildman–Crippen LogP) is 3.90. The number of fused-ring (bicyclic) bond motifs is 1. The molecule has 4 rings (SSSR count). The predicted molar refractivity (Wildman–Crippen MR) is 121 cm³/mol. The van der Waals surface area contributed by atoms with Crippen molar-refractivity contribution in [1.82, 2.24) is 10.3 Å². The van der Waals surface area contributed by atoms with E-state index in [1.54, 1.807) is 19.2 Å². The molecule has 6 nitrogen and oxygen atoms in total.